The lowest BCUT2D eigenvalue weighted by atomic mass is 10.1. The monoisotopic (exact) mass is 329 g/mol. The van der Waals surface area contributed by atoms with Gasteiger partial charge in [0.1, 0.15) is 24.0 Å². The van der Waals surface area contributed by atoms with Crippen molar-refractivity contribution in [2.45, 2.75) is 24.5 Å². The molecule has 3 rings (SSSR count). The van der Waals surface area contributed by atoms with Crippen molar-refractivity contribution in [3.8, 4) is 0 Å². The molecule has 4 N–H and O–H groups in total. The first kappa shape index (κ1) is 15.2. The molecule has 3 heterocycles. The highest BCUT2D eigenvalue weighted by atomic mass is 32.1. The van der Waals surface area contributed by atoms with Crippen LogP contribution in [0.4, 0.5) is 4.39 Å². The van der Waals surface area contributed by atoms with Gasteiger partial charge in [0.25, 0.3) is 0 Å². The van der Waals surface area contributed by atoms with Crippen LogP contribution in [0.2, 0.25) is 0 Å². The Bertz CT molecular complexity index is 838. The van der Waals surface area contributed by atoms with E-state index in [0.29, 0.717) is 0 Å². The highest BCUT2D eigenvalue weighted by Crippen LogP contribution is 2.29. The number of nitrogens with zero attached hydrogens (tertiary/aromatic N) is 2. The molecule has 0 aromatic carbocycles. The Balaban J connectivity index is 2.16. The second-order valence-corrected chi connectivity index (χ2v) is 5.25. The molecule has 2 unspecified atom stereocenters. The predicted molar refractivity (Wildman–Crippen MR) is 74.2 cm³/mol. The van der Waals surface area contributed by atoms with Crippen LogP contribution in [0.15, 0.2) is 17.2 Å². The lowest BCUT2D eigenvalue weighted by molar-refractivity contribution is -0.0538. The topological polar surface area (TPSA) is 121 Å². The van der Waals surface area contributed by atoms with Crippen LogP contribution in [-0.4, -0.2) is 54.8 Å². The van der Waals surface area contributed by atoms with Crippen LogP contribution >= 0.6 is 12.2 Å². The number of ether oxygens (including phenoxy) is 1. The molecular weight excluding hydrogens is 317 g/mol. The normalized spacial score (nSPS) is 28.4. The fourth-order valence-corrected chi connectivity index (χ4v) is 2.61. The molecule has 0 saturated carbocycles. The lowest BCUT2D eigenvalue weighted by Crippen LogP contribution is -2.33. The van der Waals surface area contributed by atoms with E-state index in [-0.39, 0.29) is 15.8 Å². The van der Waals surface area contributed by atoms with Crippen LogP contribution in [-0.2, 0) is 4.74 Å². The molecule has 1 aliphatic heterocycles. The Labute approximate surface area is 127 Å². The third-order valence-corrected chi connectivity index (χ3v) is 3.84. The number of H-pyrrole nitrogens is 1. The fraction of sp³-hybridized carbons (Fsp3) is 0.417. The van der Waals surface area contributed by atoms with Gasteiger partial charge in [-0.1, -0.05) is 0 Å². The van der Waals surface area contributed by atoms with Gasteiger partial charge in [0, 0.05) is 12.4 Å². The lowest BCUT2D eigenvalue weighted by Gasteiger charge is -2.18. The fourth-order valence-electron chi connectivity index (χ4n) is 2.36. The molecule has 8 nitrogen and oxygen atoms in total. The molecule has 4 atom stereocenters. The van der Waals surface area contributed by atoms with Crippen LogP contribution in [0.25, 0.3) is 11.0 Å². The molecule has 10 heteroatoms. The Morgan fingerprint density at radius 2 is 2.18 bits per heavy atom. The van der Waals surface area contributed by atoms with Crippen molar-refractivity contribution in [3.63, 3.8) is 0 Å². The van der Waals surface area contributed by atoms with Gasteiger partial charge < -0.3 is 25.0 Å². The Kier molecular flexibility index (Phi) is 3.78. The number of aromatic amines is 1. The van der Waals surface area contributed by atoms with E-state index in [0.717, 1.165) is 10.8 Å². The molecule has 0 radical (unpaired) electrons. The van der Waals surface area contributed by atoms with Crippen molar-refractivity contribution in [1.82, 2.24) is 14.5 Å². The van der Waals surface area contributed by atoms with Gasteiger partial charge >= 0.3 is 0 Å². The van der Waals surface area contributed by atoms with Crippen molar-refractivity contribution in [1.29, 1.82) is 0 Å². The summed E-state index contributed by atoms with van der Waals surface area (Å²) in [6.45, 7) is -0.502. The van der Waals surface area contributed by atoms with Gasteiger partial charge in [-0.15, -0.1) is 0 Å². The number of aromatic nitrogens is 3. The standard InChI is InChI=1S/C12H12FN3O5S/c13-5-1-14-10-4(7(5)18)2-16(12(22)15-10)11-9(20)8(19)6(3-17)21-11/h1-2,6,8-9,11,17,19-20H,3H2,(H,14,15,22)/t6-,8?,9?,11-/m1/s1. The van der Waals surface area contributed by atoms with Gasteiger partial charge in [-0.05, 0) is 12.2 Å². The van der Waals surface area contributed by atoms with Gasteiger partial charge in [-0.25, -0.2) is 9.37 Å². The predicted octanol–water partition coefficient (Wildman–Crippen LogP) is -0.795. The first-order valence-corrected chi connectivity index (χ1v) is 6.77. The number of hydrogen-bond donors (Lipinski definition) is 4. The summed E-state index contributed by atoms with van der Waals surface area (Å²) in [5.74, 6) is -0.987. The summed E-state index contributed by atoms with van der Waals surface area (Å²) in [4.78, 5) is 18.3. The summed E-state index contributed by atoms with van der Waals surface area (Å²) in [5, 5.41) is 28.8. The SMILES string of the molecule is O=c1c(F)c[nH]c2nc(=S)n([C@@H]3O[C@H](CO)C(O)C3O)cc12. The van der Waals surface area contributed by atoms with Gasteiger partial charge in [0.15, 0.2) is 12.0 Å². The van der Waals surface area contributed by atoms with E-state index in [9.17, 15) is 19.4 Å². The molecule has 1 saturated heterocycles. The van der Waals surface area contributed by atoms with Crippen LogP contribution < -0.4 is 5.43 Å². The van der Waals surface area contributed by atoms with Crippen molar-refractivity contribution in [2.75, 3.05) is 6.61 Å². The number of rotatable bonds is 2. The molecule has 0 spiro atoms. The van der Waals surface area contributed by atoms with Crippen molar-refractivity contribution >= 4 is 23.3 Å². The summed E-state index contributed by atoms with van der Waals surface area (Å²) < 4.78 is 19.8. The maximum Gasteiger partial charge on any atom is 0.228 e. The second-order valence-electron chi connectivity index (χ2n) is 4.89. The molecule has 1 aliphatic rings. The minimum atomic E-state index is -1.38. The molecule has 22 heavy (non-hydrogen) atoms. The Morgan fingerprint density at radius 3 is 2.82 bits per heavy atom. The number of aliphatic hydroxyl groups is 3. The molecule has 0 aliphatic carbocycles. The van der Waals surface area contributed by atoms with Crippen LogP contribution in [0, 0.1) is 10.6 Å². The summed E-state index contributed by atoms with van der Waals surface area (Å²) in [5.41, 5.74) is -0.781. The van der Waals surface area contributed by atoms with E-state index in [1.807, 2.05) is 0 Å². The Morgan fingerprint density at radius 1 is 1.45 bits per heavy atom. The van der Waals surface area contributed by atoms with Gasteiger partial charge in [-0.3, -0.25) is 9.36 Å². The minimum absolute atomic E-state index is 0.0374. The highest BCUT2D eigenvalue weighted by molar-refractivity contribution is 7.71. The molecule has 0 bridgehead atoms. The van der Waals surface area contributed by atoms with E-state index >= 15 is 0 Å². The van der Waals surface area contributed by atoms with Gasteiger partial charge in [0.05, 0.1) is 12.0 Å². The number of hydrogen-bond acceptors (Lipinski definition) is 7. The summed E-state index contributed by atoms with van der Waals surface area (Å²) in [7, 11) is 0. The van der Waals surface area contributed by atoms with Gasteiger partial charge in [-0.2, -0.15) is 0 Å². The molecule has 0 amide bonds. The molecule has 1 fully saturated rings. The van der Waals surface area contributed by atoms with Crippen LogP contribution in [0.1, 0.15) is 6.23 Å². The summed E-state index contributed by atoms with van der Waals surface area (Å²) >= 11 is 5.06. The average molecular weight is 329 g/mol. The van der Waals surface area contributed by atoms with Crippen LogP contribution in [0.3, 0.4) is 0 Å². The highest BCUT2D eigenvalue weighted by Gasteiger charge is 2.43. The number of pyridine rings is 1. The third kappa shape index (κ3) is 2.25. The van der Waals surface area contributed by atoms with E-state index in [1.165, 1.54) is 6.20 Å². The van der Waals surface area contributed by atoms with E-state index in [2.05, 4.69) is 9.97 Å². The number of fused-ring (bicyclic) bond motifs is 1. The van der Waals surface area contributed by atoms with Crippen molar-refractivity contribution in [3.05, 3.63) is 33.2 Å². The zero-order valence-electron chi connectivity index (χ0n) is 11.0. The molecule has 2 aromatic rings. The zero-order chi connectivity index (χ0) is 16.0. The second kappa shape index (κ2) is 5.48. The maximum absolute atomic E-state index is 13.4. The Hall–Kier alpha value is -1.72. The zero-order valence-corrected chi connectivity index (χ0v) is 11.8. The van der Waals surface area contributed by atoms with Crippen LogP contribution in [0.5, 0.6) is 0 Å². The molecule has 2 aromatic heterocycles. The van der Waals surface area contributed by atoms with Gasteiger partial charge in [0.2, 0.25) is 10.2 Å². The number of nitrogens with one attached hydrogen (secondary N) is 1. The molecular formula is C12H12FN3O5S. The smallest absolute Gasteiger partial charge is 0.228 e. The maximum atomic E-state index is 13.4. The number of halogens is 1. The van der Waals surface area contributed by atoms with E-state index < -0.39 is 42.4 Å². The number of aliphatic hydroxyl groups excluding tert-OH is 3. The van der Waals surface area contributed by atoms with Crippen molar-refractivity contribution < 1.29 is 24.4 Å². The minimum Gasteiger partial charge on any atom is -0.394 e. The first-order chi connectivity index (χ1) is 10.4. The average Bonchev–Trinajstić information content (AvgIpc) is 2.79. The first-order valence-electron chi connectivity index (χ1n) is 6.36. The van der Waals surface area contributed by atoms with E-state index in [1.54, 1.807) is 0 Å². The molecule has 118 valence electrons. The quantitative estimate of drug-likeness (QED) is 0.533. The summed E-state index contributed by atoms with van der Waals surface area (Å²) in [6, 6.07) is 0. The van der Waals surface area contributed by atoms with E-state index in [4.69, 9.17) is 22.1 Å². The third-order valence-electron chi connectivity index (χ3n) is 3.54. The largest absolute Gasteiger partial charge is 0.394 e. The summed E-state index contributed by atoms with van der Waals surface area (Å²) in [6.07, 6.45) is -2.76. The van der Waals surface area contributed by atoms with Crippen molar-refractivity contribution in [2.24, 2.45) is 0 Å².